The first-order chi connectivity index (χ1) is 0. The summed E-state index contributed by atoms with van der Waals surface area (Å²) in [5.41, 5.74) is 0. The van der Waals surface area contributed by atoms with Gasteiger partial charge in [0.15, 0.2) is 0 Å². The van der Waals surface area contributed by atoms with Gasteiger partial charge in [-0.25, -0.2) is 0 Å². The fraction of sp³-hybridized carbons (Fsp3) is 0. The second kappa shape index (κ2) is 140. The molecule has 0 N–H and O–H groups in total. The molecular formula is MnO4W. The van der Waals surface area contributed by atoms with Crippen molar-refractivity contribution < 1.29 is 60.0 Å². The predicted molar refractivity (Wildman–Crippen MR) is 2.75 cm³/mol. The van der Waals surface area contributed by atoms with Gasteiger partial charge >= 0.3 is 38.1 Å². The van der Waals surface area contributed by atoms with Crippen LogP contribution in [0.2, 0.25) is 0 Å². The normalized spacial score (nSPS) is 0. The molecule has 37 valence electrons. The third kappa shape index (κ3) is 75.3. The molecule has 0 saturated heterocycles. The van der Waals surface area contributed by atoms with Crippen LogP contribution in [0.3, 0.4) is 0 Å². The molecule has 0 atom stereocenters. The van der Waals surface area contributed by atoms with E-state index < -0.39 is 0 Å². The van der Waals surface area contributed by atoms with E-state index in [1.807, 2.05) is 0 Å². The van der Waals surface area contributed by atoms with Gasteiger partial charge in [-0.15, -0.1) is 0 Å². The van der Waals surface area contributed by atoms with E-state index >= 15 is 0 Å². The average molecular weight is 303 g/mol. The van der Waals surface area contributed by atoms with E-state index in [0.717, 1.165) is 0 Å². The molecule has 6 heteroatoms. The van der Waals surface area contributed by atoms with Gasteiger partial charge in [0.25, 0.3) is 0 Å². The van der Waals surface area contributed by atoms with E-state index in [4.69, 9.17) is 0 Å². The summed E-state index contributed by atoms with van der Waals surface area (Å²) in [5.74, 6) is 0. The van der Waals surface area contributed by atoms with Crippen LogP contribution in [0, 0.1) is 0 Å². The molecule has 0 rings (SSSR count). The predicted octanol–water partition coefficient (Wildman–Crippen LogP) is -0.480. The molecule has 0 aromatic rings. The summed E-state index contributed by atoms with van der Waals surface area (Å²) in [6.07, 6.45) is 0. The largest absolute Gasteiger partial charge is 6.00 e. The Morgan fingerprint density at radius 2 is 0.500 bits per heavy atom. The topological polar surface area (TPSA) is 114 Å². The van der Waals surface area contributed by atoms with Gasteiger partial charge < -0.3 is 21.9 Å². The van der Waals surface area contributed by atoms with Crippen LogP contribution in [-0.2, 0) is 60.0 Å². The minimum Gasteiger partial charge on any atom is -2.00 e. The molecule has 0 aromatic heterocycles. The Bertz CT molecular complexity index is 7.51. The molecule has 0 aliphatic rings. The molecule has 0 saturated carbocycles. The van der Waals surface area contributed by atoms with Crippen LogP contribution in [0.5, 0.6) is 0 Å². The van der Waals surface area contributed by atoms with Crippen molar-refractivity contribution in [2.24, 2.45) is 0 Å². The van der Waals surface area contributed by atoms with Crippen molar-refractivity contribution in [3.63, 3.8) is 0 Å². The van der Waals surface area contributed by atoms with Crippen molar-refractivity contribution in [1.29, 1.82) is 0 Å². The van der Waals surface area contributed by atoms with Crippen LogP contribution >= 0.6 is 0 Å². The zero-order valence-corrected chi connectivity index (χ0v) is 6.53. The number of hydrogen-bond acceptors (Lipinski definition) is 0. The van der Waals surface area contributed by atoms with E-state index in [-0.39, 0.29) is 60.0 Å². The second-order valence-electron chi connectivity index (χ2n) is 0. The van der Waals surface area contributed by atoms with Crippen LogP contribution in [0.15, 0.2) is 0 Å². The zero-order valence-electron chi connectivity index (χ0n) is 2.42. The van der Waals surface area contributed by atoms with E-state index in [2.05, 4.69) is 0 Å². The van der Waals surface area contributed by atoms with Gasteiger partial charge in [0.2, 0.25) is 0 Å². The van der Waals surface area contributed by atoms with E-state index in [1.54, 1.807) is 0 Å². The molecular weight excluding hydrogens is 303 g/mol. The minimum atomic E-state index is 0. The second-order valence-corrected chi connectivity index (χ2v) is 0. The zero-order chi connectivity index (χ0) is 0. The van der Waals surface area contributed by atoms with Gasteiger partial charge in [-0.05, 0) is 0 Å². The van der Waals surface area contributed by atoms with Crippen LogP contribution in [-0.4, -0.2) is 0 Å². The Labute approximate surface area is 60.3 Å². The summed E-state index contributed by atoms with van der Waals surface area (Å²) < 4.78 is 0. The van der Waals surface area contributed by atoms with Gasteiger partial charge in [-0.2, -0.15) is 0 Å². The van der Waals surface area contributed by atoms with E-state index in [1.165, 1.54) is 0 Å². The SMILES string of the molecule is [Mn+2].[O-2].[O-2].[O-2].[O-2].[W+6]. The maximum absolute atomic E-state index is 0. The molecule has 4 nitrogen and oxygen atoms in total. The van der Waals surface area contributed by atoms with E-state index in [9.17, 15) is 0 Å². The summed E-state index contributed by atoms with van der Waals surface area (Å²) >= 11 is 0. The third-order valence-electron chi connectivity index (χ3n) is 0. The Balaban J connectivity index is 0. The Morgan fingerprint density at radius 3 is 0.500 bits per heavy atom. The smallest absolute Gasteiger partial charge is 2.00 e. The standard InChI is InChI=1S/Mn.4O.W/q+2;4*-2;+6. The number of rotatable bonds is 0. The first-order valence-electron chi connectivity index (χ1n) is 0. The Kier molecular flexibility index (Phi) is 5490. The monoisotopic (exact) mass is 303 g/mol. The number of hydrogen-bond donors (Lipinski definition) is 0. The van der Waals surface area contributed by atoms with E-state index in [0.29, 0.717) is 0 Å². The third-order valence-corrected chi connectivity index (χ3v) is 0. The maximum atomic E-state index is 0. The molecule has 0 unspecified atom stereocenters. The minimum absolute atomic E-state index is 0. The van der Waals surface area contributed by atoms with Crippen molar-refractivity contribution in [1.82, 2.24) is 0 Å². The summed E-state index contributed by atoms with van der Waals surface area (Å²) in [5, 5.41) is 0. The van der Waals surface area contributed by atoms with Crippen molar-refractivity contribution in [2.75, 3.05) is 0 Å². The average Bonchev–Trinajstić information content (AvgIpc) is 0. The van der Waals surface area contributed by atoms with Crippen molar-refractivity contribution >= 4 is 0 Å². The van der Waals surface area contributed by atoms with Crippen molar-refractivity contribution in [2.45, 2.75) is 0 Å². The van der Waals surface area contributed by atoms with Gasteiger partial charge in [0.05, 0.1) is 0 Å². The molecule has 0 aliphatic heterocycles. The van der Waals surface area contributed by atoms with Gasteiger partial charge in [-0.1, -0.05) is 0 Å². The summed E-state index contributed by atoms with van der Waals surface area (Å²) in [4.78, 5) is 0. The summed E-state index contributed by atoms with van der Waals surface area (Å²) in [7, 11) is 0. The molecule has 6 heavy (non-hydrogen) atoms. The molecule has 0 aromatic carbocycles. The molecule has 0 amide bonds. The molecule has 0 aliphatic carbocycles. The van der Waals surface area contributed by atoms with Crippen LogP contribution in [0.4, 0.5) is 0 Å². The summed E-state index contributed by atoms with van der Waals surface area (Å²) in [6.45, 7) is 0. The van der Waals surface area contributed by atoms with Crippen molar-refractivity contribution in [3.05, 3.63) is 0 Å². The first-order valence-corrected chi connectivity index (χ1v) is 0. The quantitative estimate of drug-likeness (QED) is 0.538. The Hall–Kier alpha value is 1.05. The fourth-order valence-corrected chi connectivity index (χ4v) is 0. The molecule has 0 spiro atoms. The molecule has 0 bridgehead atoms. The van der Waals surface area contributed by atoms with Crippen LogP contribution in [0.25, 0.3) is 0 Å². The van der Waals surface area contributed by atoms with Crippen molar-refractivity contribution in [3.8, 4) is 0 Å². The fourth-order valence-electron chi connectivity index (χ4n) is 0. The van der Waals surface area contributed by atoms with Crippen LogP contribution in [0.1, 0.15) is 0 Å². The molecule has 0 fully saturated rings. The van der Waals surface area contributed by atoms with Gasteiger partial charge in [0.1, 0.15) is 0 Å². The first kappa shape index (κ1) is 235. The molecule has 1 radical (unpaired) electrons. The summed E-state index contributed by atoms with van der Waals surface area (Å²) in [6, 6.07) is 0. The van der Waals surface area contributed by atoms with Gasteiger partial charge in [0, 0.05) is 0 Å². The van der Waals surface area contributed by atoms with Crippen LogP contribution < -0.4 is 0 Å². The Morgan fingerprint density at radius 1 is 0.500 bits per heavy atom. The molecule has 0 heterocycles. The van der Waals surface area contributed by atoms with Gasteiger partial charge in [-0.3, -0.25) is 0 Å². The maximum Gasteiger partial charge on any atom is 6.00 e.